The van der Waals surface area contributed by atoms with Crippen molar-refractivity contribution in [2.24, 2.45) is 10.9 Å². The molecular weight excluding hydrogens is 308 g/mol. The van der Waals surface area contributed by atoms with Crippen LogP contribution in [0.15, 0.2) is 52.1 Å². The molecule has 0 unspecified atom stereocenters. The van der Waals surface area contributed by atoms with E-state index in [1.165, 1.54) is 5.56 Å². The molecule has 0 aliphatic rings. The van der Waals surface area contributed by atoms with Crippen LogP contribution in [0.5, 0.6) is 11.5 Å². The Labute approximate surface area is 119 Å². The first-order valence-corrected chi connectivity index (χ1v) is 6.41. The monoisotopic (exact) mass is 320 g/mol. The van der Waals surface area contributed by atoms with E-state index in [-0.39, 0.29) is 5.84 Å². The number of amidine groups is 1. The normalized spacial score (nSPS) is 11.4. The summed E-state index contributed by atoms with van der Waals surface area (Å²) < 4.78 is 6.41. The van der Waals surface area contributed by atoms with Crippen LogP contribution in [-0.4, -0.2) is 11.0 Å². The van der Waals surface area contributed by atoms with Crippen LogP contribution in [0, 0.1) is 6.92 Å². The van der Waals surface area contributed by atoms with E-state index >= 15 is 0 Å². The predicted octanol–water partition coefficient (Wildman–Crippen LogP) is 3.64. The van der Waals surface area contributed by atoms with Crippen molar-refractivity contribution in [2.75, 3.05) is 0 Å². The van der Waals surface area contributed by atoms with Crippen molar-refractivity contribution in [1.82, 2.24) is 0 Å². The van der Waals surface area contributed by atoms with E-state index in [1.807, 2.05) is 31.2 Å². The van der Waals surface area contributed by atoms with Crippen LogP contribution >= 0.6 is 15.9 Å². The summed E-state index contributed by atoms with van der Waals surface area (Å²) in [7, 11) is 0. The molecule has 0 saturated heterocycles. The van der Waals surface area contributed by atoms with Crippen molar-refractivity contribution >= 4 is 21.8 Å². The van der Waals surface area contributed by atoms with Crippen LogP contribution in [0.2, 0.25) is 0 Å². The lowest BCUT2D eigenvalue weighted by molar-refractivity contribution is 0.318. The topological polar surface area (TPSA) is 67.8 Å². The van der Waals surface area contributed by atoms with Crippen molar-refractivity contribution in [1.29, 1.82) is 0 Å². The average molecular weight is 321 g/mol. The summed E-state index contributed by atoms with van der Waals surface area (Å²) in [6.45, 7) is 2.02. The third-order valence-corrected chi connectivity index (χ3v) is 3.24. The van der Waals surface area contributed by atoms with E-state index in [4.69, 9.17) is 15.7 Å². The Balaban J connectivity index is 2.23. The first-order valence-electron chi connectivity index (χ1n) is 5.62. The molecule has 19 heavy (non-hydrogen) atoms. The predicted molar refractivity (Wildman–Crippen MR) is 77.9 cm³/mol. The number of nitrogens with two attached hydrogens (primary N) is 1. The summed E-state index contributed by atoms with van der Waals surface area (Å²) in [5.74, 6) is 1.48. The smallest absolute Gasteiger partial charge is 0.171 e. The number of hydrogen-bond donors (Lipinski definition) is 2. The molecule has 0 radical (unpaired) electrons. The molecule has 2 aromatic rings. The van der Waals surface area contributed by atoms with Gasteiger partial charge in [-0.15, -0.1) is 0 Å². The maximum Gasteiger partial charge on any atom is 0.171 e. The molecule has 2 rings (SSSR count). The molecule has 98 valence electrons. The van der Waals surface area contributed by atoms with Gasteiger partial charge in [-0.05, 0) is 53.2 Å². The molecule has 5 heteroatoms. The quantitative estimate of drug-likeness (QED) is 0.392. The van der Waals surface area contributed by atoms with Gasteiger partial charge in [0, 0.05) is 10.0 Å². The van der Waals surface area contributed by atoms with E-state index in [1.54, 1.807) is 18.2 Å². The van der Waals surface area contributed by atoms with E-state index in [9.17, 15) is 0 Å². The van der Waals surface area contributed by atoms with Crippen molar-refractivity contribution in [2.45, 2.75) is 6.92 Å². The first-order chi connectivity index (χ1) is 9.10. The van der Waals surface area contributed by atoms with Gasteiger partial charge < -0.3 is 15.7 Å². The lowest BCUT2D eigenvalue weighted by atomic mass is 10.2. The molecule has 0 aromatic heterocycles. The highest BCUT2D eigenvalue weighted by Gasteiger charge is 2.07. The number of benzene rings is 2. The highest BCUT2D eigenvalue weighted by Crippen LogP contribution is 2.27. The third-order valence-electron chi connectivity index (χ3n) is 2.58. The minimum Gasteiger partial charge on any atom is -0.457 e. The molecule has 0 aliphatic heterocycles. The van der Waals surface area contributed by atoms with Gasteiger partial charge in [-0.3, -0.25) is 0 Å². The zero-order valence-corrected chi connectivity index (χ0v) is 11.9. The molecular formula is C14H13BrN2O2. The van der Waals surface area contributed by atoms with Crippen LogP contribution < -0.4 is 10.5 Å². The highest BCUT2D eigenvalue weighted by molar-refractivity contribution is 9.10. The van der Waals surface area contributed by atoms with Crippen LogP contribution in [-0.2, 0) is 0 Å². The number of halogens is 1. The summed E-state index contributed by atoms with van der Waals surface area (Å²) in [5, 5.41) is 11.6. The maximum atomic E-state index is 8.65. The summed E-state index contributed by atoms with van der Waals surface area (Å²) in [6, 6.07) is 13.0. The van der Waals surface area contributed by atoms with Crippen molar-refractivity contribution < 1.29 is 9.94 Å². The molecule has 0 saturated carbocycles. The standard InChI is InChI=1S/C14H13BrN2O2/c1-9-2-4-10(5-3-9)19-11-6-7-12(13(15)8-11)14(16)17-18/h2-8,18H,1H3,(H2,16,17). The lowest BCUT2D eigenvalue weighted by Crippen LogP contribution is -2.13. The van der Waals surface area contributed by atoms with E-state index in [0.717, 1.165) is 5.75 Å². The van der Waals surface area contributed by atoms with Gasteiger partial charge in [-0.2, -0.15) is 0 Å². The molecule has 0 atom stereocenters. The van der Waals surface area contributed by atoms with Gasteiger partial charge in [0.05, 0.1) is 0 Å². The fourth-order valence-corrected chi connectivity index (χ4v) is 2.12. The van der Waals surface area contributed by atoms with E-state index < -0.39 is 0 Å². The van der Waals surface area contributed by atoms with Crippen LogP contribution in [0.1, 0.15) is 11.1 Å². The molecule has 0 aliphatic carbocycles. The Kier molecular flexibility index (Phi) is 4.06. The number of oxime groups is 1. The van der Waals surface area contributed by atoms with Crippen LogP contribution in [0.25, 0.3) is 0 Å². The minimum atomic E-state index is 0.0498. The van der Waals surface area contributed by atoms with Gasteiger partial charge >= 0.3 is 0 Å². The fourth-order valence-electron chi connectivity index (χ4n) is 1.56. The molecule has 0 bridgehead atoms. The summed E-state index contributed by atoms with van der Waals surface area (Å²) in [5.41, 5.74) is 7.33. The number of aryl methyl sites for hydroxylation is 1. The highest BCUT2D eigenvalue weighted by atomic mass is 79.9. The number of hydrogen-bond acceptors (Lipinski definition) is 3. The van der Waals surface area contributed by atoms with Crippen molar-refractivity contribution in [3.05, 3.63) is 58.1 Å². The first kappa shape index (κ1) is 13.4. The van der Waals surface area contributed by atoms with Crippen molar-refractivity contribution in [3.8, 4) is 11.5 Å². The number of ether oxygens (including phenoxy) is 1. The second kappa shape index (κ2) is 5.75. The second-order valence-corrected chi connectivity index (χ2v) is 4.90. The lowest BCUT2D eigenvalue weighted by Gasteiger charge is -2.08. The zero-order chi connectivity index (χ0) is 13.8. The maximum absolute atomic E-state index is 8.65. The van der Waals surface area contributed by atoms with Gasteiger partial charge in [-0.1, -0.05) is 22.9 Å². The minimum absolute atomic E-state index is 0.0498. The molecule has 0 spiro atoms. The fraction of sp³-hybridized carbons (Fsp3) is 0.0714. The summed E-state index contributed by atoms with van der Waals surface area (Å²) in [4.78, 5) is 0. The molecule has 0 heterocycles. The van der Waals surface area contributed by atoms with E-state index in [2.05, 4.69) is 21.1 Å². The van der Waals surface area contributed by atoms with E-state index in [0.29, 0.717) is 15.8 Å². The van der Waals surface area contributed by atoms with Crippen molar-refractivity contribution in [3.63, 3.8) is 0 Å². The molecule has 0 fully saturated rings. The molecule has 4 nitrogen and oxygen atoms in total. The van der Waals surface area contributed by atoms with Gasteiger partial charge in [0.1, 0.15) is 11.5 Å². The van der Waals surface area contributed by atoms with Gasteiger partial charge in [0.2, 0.25) is 0 Å². The third kappa shape index (κ3) is 3.26. The SMILES string of the molecule is Cc1ccc(Oc2ccc(/C(N)=N/O)c(Br)c2)cc1. The number of nitrogens with zero attached hydrogens (tertiary/aromatic N) is 1. The second-order valence-electron chi connectivity index (χ2n) is 4.04. The molecule has 3 N–H and O–H groups in total. The van der Waals surface area contributed by atoms with Gasteiger partial charge in [0.25, 0.3) is 0 Å². The Morgan fingerprint density at radius 3 is 2.37 bits per heavy atom. The van der Waals surface area contributed by atoms with Gasteiger partial charge in [0.15, 0.2) is 5.84 Å². The zero-order valence-electron chi connectivity index (χ0n) is 10.3. The van der Waals surface area contributed by atoms with Crippen LogP contribution in [0.3, 0.4) is 0 Å². The molecule has 0 amide bonds. The Morgan fingerprint density at radius 2 is 1.79 bits per heavy atom. The van der Waals surface area contributed by atoms with Crippen LogP contribution in [0.4, 0.5) is 0 Å². The Bertz CT molecular complexity index is 609. The van der Waals surface area contributed by atoms with Gasteiger partial charge in [-0.25, -0.2) is 0 Å². The summed E-state index contributed by atoms with van der Waals surface area (Å²) >= 11 is 3.36. The average Bonchev–Trinajstić information content (AvgIpc) is 2.41. The molecule has 2 aromatic carbocycles. The Morgan fingerprint density at radius 1 is 1.16 bits per heavy atom. The largest absolute Gasteiger partial charge is 0.457 e. The number of rotatable bonds is 3. The summed E-state index contributed by atoms with van der Waals surface area (Å²) in [6.07, 6.45) is 0. The Hall–Kier alpha value is -2.01.